The van der Waals surface area contributed by atoms with Crippen LogP contribution in [0.25, 0.3) is 4.72 Å². The van der Waals surface area contributed by atoms with Gasteiger partial charge in [0.15, 0.2) is 0 Å². The van der Waals surface area contributed by atoms with Crippen molar-refractivity contribution in [3.05, 3.63) is 141 Å². The molecule has 2 N–H and O–H groups in total. The summed E-state index contributed by atoms with van der Waals surface area (Å²) in [6, 6.07) is 30.2. The second kappa shape index (κ2) is 13.8. The fraction of sp³-hybridized carbons (Fsp3) is 0.226. The first-order valence-electron chi connectivity index (χ1n) is 11.9. The average Bonchev–Trinajstić information content (AvgIpc) is 2.82. The molecule has 0 heterocycles. The summed E-state index contributed by atoms with van der Waals surface area (Å²) in [6.07, 6.45) is 0. The van der Waals surface area contributed by atoms with Crippen molar-refractivity contribution in [2.45, 2.75) is 51.6 Å². The molecule has 6 heteroatoms. The van der Waals surface area contributed by atoms with E-state index in [0.717, 1.165) is 22.3 Å². The monoisotopic (exact) mass is 600 g/mol. The van der Waals surface area contributed by atoms with Gasteiger partial charge in [-0.2, -0.15) is 34.9 Å². The number of nitrogens with zero attached hydrogens (tertiary/aromatic N) is 1. The minimum atomic E-state index is -3.86. The van der Waals surface area contributed by atoms with Gasteiger partial charge in [-0.25, -0.2) is 8.42 Å². The second-order valence-electron chi connectivity index (χ2n) is 9.22. The van der Waals surface area contributed by atoms with E-state index < -0.39 is 22.1 Å². The number of benzene rings is 4. The van der Waals surface area contributed by atoms with Gasteiger partial charge < -0.3 is 10.5 Å². The van der Waals surface area contributed by atoms with Crippen molar-refractivity contribution < 1.29 is 27.9 Å². The second-order valence-corrected chi connectivity index (χ2v) is 10.9. The molecule has 0 aromatic heterocycles. The number of nitrogens with two attached hydrogens (primary N) is 1. The van der Waals surface area contributed by atoms with Gasteiger partial charge in [0, 0.05) is 10.9 Å². The third-order valence-electron chi connectivity index (χ3n) is 5.69. The van der Waals surface area contributed by atoms with Gasteiger partial charge in [0.25, 0.3) is 0 Å². The Hall–Kier alpha value is -2.63. The molecule has 0 saturated heterocycles. The number of aryl methyl sites for hydroxylation is 5. The Kier molecular flexibility index (Phi) is 11.4. The fourth-order valence-electron chi connectivity index (χ4n) is 4.24. The predicted molar refractivity (Wildman–Crippen MR) is 149 cm³/mol. The fourth-order valence-corrected chi connectivity index (χ4v) is 5.58. The van der Waals surface area contributed by atoms with Crippen LogP contribution in [0.15, 0.2) is 95.9 Å². The van der Waals surface area contributed by atoms with Crippen LogP contribution in [0.4, 0.5) is 0 Å². The molecule has 0 spiro atoms. The van der Waals surface area contributed by atoms with Crippen LogP contribution < -0.4 is 5.73 Å². The van der Waals surface area contributed by atoms with Gasteiger partial charge in [-0.3, -0.25) is 0 Å². The van der Waals surface area contributed by atoms with Crippen LogP contribution in [0.1, 0.15) is 51.0 Å². The van der Waals surface area contributed by atoms with Crippen LogP contribution >= 0.6 is 0 Å². The summed E-state index contributed by atoms with van der Waals surface area (Å²) in [7, 11) is -3.86. The third kappa shape index (κ3) is 9.01. The molecule has 0 bridgehead atoms. The largest absolute Gasteiger partial charge is 2.00 e. The number of sulfonamides is 1. The zero-order valence-corrected chi connectivity index (χ0v) is 24.5. The Morgan fingerprint density at radius 3 is 1.57 bits per heavy atom. The van der Waals surface area contributed by atoms with E-state index in [2.05, 4.69) is 43.7 Å². The Morgan fingerprint density at radius 2 is 1.11 bits per heavy atom. The molecule has 0 fully saturated rings. The average molecular weight is 600 g/mol. The van der Waals surface area contributed by atoms with E-state index in [9.17, 15) is 8.42 Å². The summed E-state index contributed by atoms with van der Waals surface area (Å²) in [5, 5.41) is 0. The predicted octanol–water partition coefficient (Wildman–Crippen LogP) is 7.22. The summed E-state index contributed by atoms with van der Waals surface area (Å²) in [5.41, 5.74) is 13.6. The third-order valence-corrected chi connectivity index (χ3v) is 7.03. The molecule has 4 rings (SSSR count). The first-order valence-corrected chi connectivity index (χ1v) is 13.4. The Bertz CT molecular complexity index is 1320. The van der Waals surface area contributed by atoms with Crippen molar-refractivity contribution in [3.63, 3.8) is 0 Å². The Labute approximate surface area is 235 Å². The molecule has 0 saturated carbocycles. The molecule has 4 nitrogen and oxygen atoms in total. The van der Waals surface area contributed by atoms with Crippen LogP contribution in [0.2, 0.25) is 0 Å². The van der Waals surface area contributed by atoms with Gasteiger partial charge in [0.1, 0.15) is 10.0 Å². The van der Waals surface area contributed by atoms with Crippen molar-refractivity contribution in [2.75, 3.05) is 0 Å². The van der Waals surface area contributed by atoms with Gasteiger partial charge in [0.05, 0.1) is 0 Å². The normalized spacial score (nSPS) is 12.5. The Balaban J connectivity index is 0.000000408. The maximum Gasteiger partial charge on any atom is 2.00 e. The van der Waals surface area contributed by atoms with E-state index in [1.807, 2.05) is 80.6 Å². The van der Waals surface area contributed by atoms with Crippen LogP contribution in [0.5, 0.6) is 0 Å². The molecule has 194 valence electrons. The van der Waals surface area contributed by atoms with Crippen molar-refractivity contribution in [2.24, 2.45) is 5.73 Å². The van der Waals surface area contributed by atoms with Crippen molar-refractivity contribution in [3.8, 4) is 0 Å². The van der Waals surface area contributed by atoms with Crippen molar-refractivity contribution in [1.82, 2.24) is 0 Å². The zero-order chi connectivity index (χ0) is 26.3. The summed E-state index contributed by atoms with van der Waals surface area (Å²) in [5.74, 6) is 0. The molecular weight excluding hydrogens is 565 g/mol. The first-order chi connectivity index (χ1) is 17.0. The van der Waals surface area contributed by atoms with Crippen LogP contribution in [0, 0.1) is 40.7 Å². The maximum atomic E-state index is 13.0. The number of rotatable bonds is 6. The van der Waals surface area contributed by atoms with E-state index in [4.69, 9.17) is 5.73 Å². The van der Waals surface area contributed by atoms with E-state index in [1.54, 1.807) is 12.1 Å². The molecule has 0 aliphatic rings. The summed E-state index contributed by atoms with van der Waals surface area (Å²) < 4.78 is 30.3. The standard InChI is InChI=1S/C22H23N2O2S.C9H11.Ru/c1-16-13-17(2)15-20(14-16)27(25,26)24-22(19-11-7-4-8-12-19)21(23)18-9-5-3-6-10-18;1-7-4-8(2)6-9(3)5-7;/h3-15,21-22H,23H2,1-2H3;4-5H,1-3H3;/q2*-1;+2. The number of hydrogen-bond acceptors (Lipinski definition) is 3. The van der Waals surface area contributed by atoms with E-state index in [-0.39, 0.29) is 24.4 Å². The van der Waals surface area contributed by atoms with E-state index >= 15 is 0 Å². The molecule has 0 amide bonds. The van der Waals surface area contributed by atoms with Gasteiger partial charge in [0.2, 0.25) is 0 Å². The van der Waals surface area contributed by atoms with Gasteiger partial charge in [-0.1, -0.05) is 99.1 Å². The van der Waals surface area contributed by atoms with Gasteiger partial charge in [-0.15, -0.1) is 0 Å². The SMILES string of the molecule is Cc1[c-]c(C)cc(C)c1.Cc1cc(C)cc(S(=O)(=O)[N-]C(c2ccccc2)C(N)c2ccccc2)c1.[Ru+2]. The van der Waals surface area contributed by atoms with Gasteiger partial charge in [-0.05, 0) is 42.7 Å². The van der Waals surface area contributed by atoms with Crippen molar-refractivity contribution in [1.29, 1.82) is 0 Å². The minimum Gasteiger partial charge on any atom is -0.537 e. The summed E-state index contributed by atoms with van der Waals surface area (Å²) in [6.45, 7) is 9.99. The molecule has 0 aliphatic heterocycles. The van der Waals surface area contributed by atoms with E-state index in [0.29, 0.717) is 0 Å². The molecule has 4 aromatic carbocycles. The maximum absolute atomic E-state index is 13.0. The Morgan fingerprint density at radius 1 is 0.676 bits per heavy atom. The molecular formula is C31H34N2O2RuS. The molecule has 0 aliphatic carbocycles. The first kappa shape index (κ1) is 30.6. The van der Waals surface area contributed by atoms with Crippen molar-refractivity contribution >= 4 is 10.0 Å². The minimum absolute atomic E-state index is 0. The molecule has 4 aromatic rings. The quantitative estimate of drug-likeness (QED) is 0.188. The van der Waals surface area contributed by atoms with Crippen LogP contribution in [-0.2, 0) is 29.5 Å². The molecule has 2 unspecified atom stereocenters. The van der Waals surface area contributed by atoms with Crippen LogP contribution in [0.3, 0.4) is 0 Å². The van der Waals surface area contributed by atoms with Gasteiger partial charge >= 0.3 is 19.5 Å². The zero-order valence-electron chi connectivity index (χ0n) is 21.9. The van der Waals surface area contributed by atoms with Crippen LogP contribution in [-0.4, -0.2) is 8.42 Å². The topological polar surface area (TPSA) is 74.3 Å². The molecule has 2 atom stereocenters. The summed E-state index contributed by atoms with van der Waals surface area (Å²) in [4.78, 5) is 0.196. The molecule has 37 heavy (non-hydrogen) atoms. The molecule has 0 radical (unpaired) electrons. The summed E-state index contributed by atoms with van der Waals surface area (Å²) >= 11 is 0. The smallest absolute Gasteiger partial charge is 0.537 e. The van der Waals surface area contributed by atoms with E-state index in [1.165, 1.54) is 16.7 Å². The number of hydrogen-bond donors (Lipinski definition) is 1.